The maximum absolute atomic E-state index is 13.7. The maximum Gasteiger partial charge on any atom is 0.443 e. The van der Waals surface area contributed by atoms with E-state index in [-0.39, 0.29) is 11.3 Å². The predicted molar refractivity (Wildman–Crippen MR) is 84.5 cm³/mol. The third kappa shape index (κ3) is 4.06. The zero-order chi connectivity index (χ0) is 23.1. The average Bonchev–Trinajstić information content (AvgIpc) is 3.00. The zero-order valence-corrected chi connectivity index (χ0v) is 15.1. The van der Waals surface area contributed by atoms with Gasteiger partial charge in [-0.3, -0.25) is 4.79 Å². The largest absolute Gasteiger partial charge is 0.496 e. The number of allylic oxidation sites excluding steroid dienone is 1. The van der Waals surface area contributed by atoms with E-state index in [1.807, 2.05) is 0 Å². The lowest BCUT2D eigenvalue weighted by molar-refractivity contribution is -0.280. The summed E-state index contributed by atoms with van der Waals surface area (Å²) in [5.74, 6) is -5.12. The van der Waals surface area contributed by atoms with E-state index in [4.69, 9.17) is 4.74 Å². The molecule has 0 saturated heterocycles. The Morgan fingerprint density at radius 2 is 1.57 bits per heavy atom. The summed E-state index contributed by atoms with van der Waals surface area (Å²) in [6.45, 7) is 0. The number of aliphatic imine (C=N–C) groups is 1. The van der Waals surface area contributed by atoms with E-state index in [9.17, 15) is 48.7 Å². The molecule has 0 bridgehead atoms. The number of hydrogen-bond donors (Lipinski definition) is 1. The Bertz CT molecular complexity index is 888. The maximum atomic E-state index is 13.7. The van der Waals surface area contributed by atoms with Crippen LogP contribution >= 0.6 is 11.8 Å². The number of rotatable bonds is 2. The fourth-order valence-corrected chi connectivity index (χ4v) is 3.47. The molecular formula is C15H8F10N2O2S. The summed E-state index contributed by atoms with van der Waals surface area (Å²) < 4.78 is 136. The van der Waals surface area contributed by atoms with Gasteiger partial charge in [-0.25, -0.2) is 9.38 Å². The van der Waals surface area contributed by atoms with Crippen LogP contribution < -0.4 is 10.1 Å². The molecule has 30 heavy (non-hydrogen) atoms. The molecule has 0 radical (unpaired) electrons. The number of benzene rings is 1. The first-order chi connectivity index (χ1) is 13.6. The molecule has 1 N–H and O–H groups in total. The van der Waals surface area contributed by atoms with Crippen LogP contribution in [0.3, 0.4) is 0 Å². The molecule has 1 amide bonds. The van der Waals surface area contributed by atoms with Gasteiger partial charge in [-0.2, -0.15) is 39.5 Å². The summed E-state index contributed by atoms with van der Waals surface area (Å²) in [7, 11) is 1.10. The van der Waals surface area contributed by atoms with Crippen molar-refractivity contribution in [2.45, 2.75) is 24.1 Å². The summed E-state index contributed by atoms with van der Waals surface area (Å²) in [4.78, 5) is 11.6. The lowest BCUT2D eigenvalue weighted by Crippen LogP contribution is -2.55. The minimum Gasteiger partial charge on any atom is -0.496 e. The van der Waals surface area contributed by atoms with Gasteiger partial charge in [0.05, 0.1) is 17.6 Å². The second kappa shape index (κ2) is 7.67. The number of hydrogen-bond acceptors (Lipinski definition) is 4. The van der Waals surface area contributed by atoms with Crippen LogP contribution in [0.1, 0.15) is 10.4 Å². The van der Waals surface area contributed by atoms with Crippen LogP contribution in [0, 0.1) is 0 Å². The van der Waals surface area contributed by atoms with Crippen molar-refractivity contribution in [3.63, 3.8) is 0 Å². The second-order valence-electron chi connectivity index (χ2n) is 5.52. The highest BCUT2D eigenvalue weighted by atomic mass is 32.2. The quantitative estimate of drug-likeness (QED) is 0.610. The van der Waals surface area contributed by atoms with Gasteiger partial charge in [0, 0.05) is 0 Å². The van der Waals surface area contributed by atoms with Crippen molar-refractivity contribution in [3.05, 3.63) is 40.6 Å². The number of halogens is 10. The molecule has 2 rings (SSSR count). The van der Waals surface area contributed by atoms with Crippen molar-refractivity contribution in [2.75, 3.05) is 7.11 Å². The molecule has 15 heteroatoms. The number of amidine groups is 1. The molecule has 0 fully saturated rings. The Hall–Kier alpha value is -2.45. The highest BCUT2D eigenvalue weighted by molar-refractivity contribution is 8.17. The van der Waals surface area contributed by atoms with E-state index in [1.165, 1.54) is 23.5 Å². The van der Waals surface area contributed by atoms with Gasteiger partial charge in [0.1, 0.15) is 5.75 Å². The molecule has 1 heterocycles. The van der Waals surface area contributed by atoms with Crippen LogP contribution in [0.4, 0.5) is 43.9 Å². The molecule has 0 saturated carbocycles. The fourth-order valence-electron chi connectivity index (χ4n) is 2.32. The molecule has 1 aliphatic heterocycles. The highest BCUT2D eigenvalue weighted by Gasteiger charge is 2.77. The van der Waals surface area contributed by atoms with Crippen molar-refractivity contribution in [1.29, 1.82) is 0 Å². The van der Waals surface area contributed by atoms with Crippen LogP contribution in [-0.2, 0) is 0 Å². The van der Waals surface area contributed by atoms with Gasteiger partial charge in [0.25, 0.3) is 11.4 Å². The molecule has 0 spiro atoms. The van der Waals surface area contributed by atoms with Gasteiger partial charge in [0.15, 0.2) is 5.17 Å². The molecule has 0 unspecified atom stereocenters. The number of nitrogens with zero attached hydrogens (tertiary/aromatic N) is 1. The first kappa shape index (κ1) is 23.8. The van der Waals surface area contributed by atoms with Crippen molar-refractivity contribution in [3.8, 4) is 5.75 Å². The Morgan fingerprint density at radius 1 is 1.03 bits per heavy atom. The minimum atomic E-state index is -6.51. The van der Waals surface area contributed by atoms with E-state index in [0.29, 0.717) is 0 Å². The Balaban J connectivity index is 2.62. The van der Waals surface area contributed by atoms with Crippen LogP contribution in [0.2, 0.25) is 0 Å². The SMILES string of the molecule is COc1ccccc1C(=O)NC1=NC(C(F)(F)F)(C(F)(F)F)/C(=C(\F)C(F)(F)F)S1. The van der Waals surface area contributed by atoms with Crippen LogP contribution in [0.25, 0.3) is 0 Å². The van der Waals surface area contributed by atoms with Gasteiger partial charge < -0.3 is 10.1 Å². The number of carbonyl (C=O) groups is 1. The minimum absolute atomic E-state index is 0.145. The number of para-hydroxylation sites is 1. The first-order valence-electron chi connectivity index (χ1n) is 7.39. The summed E-state index contributed by atoms with van der Waals surface area (Å²) in [6.07, 6.45) is -19.2. The number of amides is 1. The molecule has 4 nitrogen and oxygen atoms in total. The normalized spacial score (nSPS) is 18.7. The van der Waals surface area contributed by atoms with Crippen molar-refractivity contribution >= 4 is 22.8 Å². The molecule has 1 aliphatic rings. The number of ether oxygens (including phenoxy) is 1. The standard InChI is InChI=1S/C15H8F10N2O2S/c1-29-7-5-3-2-4-6(7)10(28)26-11-27-12(14(20,21)22,15(23,24)25)9(30-11)8(16)13(17,18)19/h2-5H,1H3,(H,26,27,28)/b9-8+. The molecule has 1 aromatic carbocycles. The topological polar surface area (TPSA) is 50.7 Å². The summed E-state index contributed by atoms with van der Waals surface area (Å²) in [6, 6.07) is 4.95. The fraction of sp³-hybridized carbons (Fsp3) is 0.333. The smallest absolute Gasteiger partial charge is 0.443 e. The summed E-state index contributed by atoms with van der Waals surface area (Å²) in [5.41, 5.74) is -5.92. The molecule has 0 aliphatic carbocycles. The number of alkyl halides is 9. The van der Waals surface area contributed by atoms with Crippen LogP contribution in [-0.4, -0.2) is 42.3 Å². The summed E-state index contributed by atoms with van der Waals surface area (Å²) >= 11 is -0.935. The lowest BCUT2D eigenvalue weighted by Gasteiger charge is -2.31. The molecule has 0 aromatic heterocycles. The Kier molecular flexibility index (Phi) is 6.09. The van der Waals surface area contributed by atoms with Gasteiger partial charge in [-0.15, -0.1) is 0 Å². The number of carbonyl (C=O) groups excluding carboxylic acids is 1. The van der Waals surface area contributed by atoms with Gasteiger partial charge in [0.2, 0.25) is 5.83 Å². The van der Waals surface area contributed by atoms with Crippen LogP contribution in [0.5, 0.6) is 5.75 Å². The highest BCUT2D eigenvalue weighted by Crippen LogP contribution is 2.59. The van der Waals surface area contributed by atoms with E-state index in [0.717, 1.165) is 13.2 Å². The lowest BCUT2D eigenvalue weighted by atomic mass is 9.97. The predicted octanol–water partition coefficient (Wildman–Crippen LogP) is 5.13. The third-order valence-electron chi connectivity index (χ3n) is 3.64. The molecule has 1 aromatic rings. The van der Waals surface area contributed by atoms with E-state index < -0.39 is 57.6 Å². The van der Waals surface area contributed by atoms with Crippen molar-refractivity contribution in [1.82, 2.24) is 5.32 Å². The summed E-state index contributed by atoms with van der Waals surface area (Å²) in [5, 5.41) is -0.00147. The Labute approximate surface area is 165 Å². The van der Waals surface area contributed by atoms with E-state index >= 15 is 0 Å². The first-order valence-corrected chi connectivity index (χ1v) is 8.21. The van der Waals surface area contributed by atoms with Crippen molar-refractivity contribution in [2.24, 2.45) is 4.99 Å². The molecular weight excluding hydrogens is 462 g/mol. The van der Waals surface area contributed by atoms with E-state index in [2.05, 4.69) is 4.99 Å². The number of thioether (sulfide) groups is 1. The number of methoxy groups -OCH3 is 1. The molecule has 166 valence electrons. The van der Waals surface area contributed by atoms with Crippen LogP contribution in [0.15, 0.2) is 40.0 Å². The monoisotopic (exact) mass is 470 g/mol. The van der Waals surface area contributed by atoms with Gasteiger partial charge >= 0.3 is 18.5 Å². The molecule has 0 atom stereocenters. The second-order valence-corrected chi connectivity index (χ2v) is 6.52. The zero-order valence-electron chi connectivity index (χ0n) is 14.3. The van der Waals surface area contributed by atoms with Gasteiger partial charge in [-0.05, 0) is 12.1 Å². The van der Waals surface area contributed by atoms with Gasteiger partial charge in [-0.1, -0.05) is 23.9 Å². The third-order valence-corrected chi connectivity index (χ3v) is 4.70. The Morgan fingerprint density at radius 3 is 2.03 bits per heavy atom. The van der Waals surface area contributed by atoms with Crippen molar-refractivity contribution < 1.29 is 53.4 Å². The van der Waals surface area contributed by atoms with E-state index in [1.54, 1.807) is 0 Å². The number of nitrogens with one attached hydrogen (secondary N) is 1. The average molecular weight is 470 g/mol.